The Morgan fingerprint density at radius 2 is 1.79 bits per heavy atom. The van der Waals surface area contributed by atoms with Gasteiger partial charge in [-0.2, -0.15) is 0 Å². The number of carbonyl (C=O) groups is 3. The van der Waals surface area contributed by atoms with E-state index in [1.165, 1.54) is 26.4 Å². The molecule has 47 heavy (non-hydrogen) atoms. The summed E-state index contributed by atoms with van der Waals surface area (Å²) < 4.78 is 21.9. The second-order valence-corrected chi connectivity index (χ2v) is 12.3. The minimum atomic E-state index is -1.52. The van der Waals surface area contributed by atoms with Gasteiger partial charge in [-0.15, -0.1) is 0 Å². The maximum absolute atomic E-state index is 13.3. The smallest absolute Gasteiger partial charge is 0.450 e. The molecule has 2 rings (SSSR count). The first-order chi connectivity index (χ1) is 22.1. The van der Waals surface area contributed by atoms with Crippen molar-refractivity contribution in [3.05, 3.63) is 58.5 Å². The third-order valence-corrected chi connectivity index (χ3v) is 8.17. The zero-order valence-corrected chi connectivity index (χ0v) is 28.6. The number of ether oxygens (including phenoxy) is 4. The summed E-state index contributed by atoms with van der Waals surface area (Å²) in [6.07, 6.45) is 0.140. The van der Waals surface area contributed by atoms with E-state index in [4.69, 9.17) is 24.7 Å². The van der Waals surface area contributed by atoms with E-state index in [2.05, 4.69) is 10.6 Å². The summed E-state index contributed by atoms with van der Waals surface area (Å²) in [6.45, 7) is 8.08. The number of fused-ring (bicyclic) bond motifs is 2. The fourth-order valence-corrected chi connectivity index (χ4v) is 5.66. The molecular formula is C33H52N4O10. The van der Waals surface area contributed by atoms with Crippen LogP contribution in [0.5, 0.6) is 0 Å². The van der Waals surface area contributed by atoms with Gasteiger partial charge < -0.3 is 55.5 Å². The number of hydrogen-bond acceptors (Lipinski definition) is 11. The molecule has 1 aliphatic carbocycles. The lowest BCUT2D eigenvalue weighted by Crippen LogP contribution is -2.42. The minimum Gasteiger partial charge on any atom is -0.450 e. The van der Waals surface area contributed by atoms with Crippen LogP contribution in [0.1, 0.15) is 40.5 Å². The van der Waals surface area contributed by atoms with Crippen molar-refractivity contribution < 1.29 is 48.7 Å². The highest BCUT2D eigenvalue weighted by Gasteiger charge is 2.35. The van der Waals surface area contributed by atoms with E-state index < -0.39 is 60.7 Å². The second kappa shape index (κ2) is 18.6. The summed E-state index contributed by atoms with van der Waals surface area (Å²) in [6, 6.07) is 0. The molecule has 14 heteroatoms. The predicted molar refractivity (Wildman–Crippen MR) is 175 cm³/mol. The first-order valence-corrected chi connectivity index (χ1v) is 15.5. The number of amides is 2. The van der Waals surface area contributed by atoms with Crippen molar-refractivity contribution in [1.82, 2.24) is 15.5 Å². The Balaban J connectivity index is 2.69. The number of nitrogens with one attached hydrogen (secondary N) is 2. The lowest BCUT2D eigenvalue weighted by Gasteiger charge is -2.34. The predicted octanol–water partition coefficient (Wildman–Crippen LogP) is 2.20. The van der Waals surface area contributed by atoms with Crippen molar-refractivity contribution in [3.8, 4) is 0 Å². The van der Waals surface area contributed by atoms with Crippen molar-refractivity contribution in [2.45, 2.75) is 77.2 Å². The first kappa shape index (κ1) is 39.5. The average molecular weight is 665 g/mol. The Morgan fingerprint density at radius 1 is 1.11 bits per heavy atom. The molecule has 0 spiro atoms. The summed E-state index contributed by atoms with van der Waals surface area (Å²) in [7, 11) is 6.72. The number of allylic oxidation sites excluding steroid dienone is 2. The first-order valence-electron chi connectivity index (χ1n) is 15.5. The van der Waals surface area contributed by atoms with Gasteiger partial charge in [-0.25, -0.2) is 9.59 Å². The van der Waals surface area contributed by atoms with Crippen molar-refractivity contribution >= 4 is 18.2 Å². The summed E-state index contributed by atoms with van der Waals surface area (Å²) in [5.74, 6) is -1.20. The second-order valence-electron chi connectivity index (χ2n) is 12.3. The molecule has 14 nitrogen and oxygen atoms in total. The molecule has 7 N–H and O–H groups in total. The van der Waals surface area contributed by atoms with Crippen LogP contribution in [0.25, 0.3) is 0 Å². The fraction of sp³-hybridized carbons (Fsp3) is 0.606. The van der Waals surface area contributed by atoms with Crippen LogP contribution in [0.4, 0.5) is 9.59 Å². The quantitative estimate of drug-likeness (QED) is 0.163. The molecule has 2 amide bonds. The van der Waals surface area contributed by atoms with Gasteiger partial charge in [0.1, 0.15) is 12.2 Å². The van der Waals surface area contributed by atoms with Gasteiger partial charge in [-0.1, -0.05) is 38.2 Å². The maximum Gasteiger partial charge on any atom is 0.506 e. The molecule has 0 radical (unpaired) electrons. The van der Waals surface area contributed by atoms with E-state index in [1.807, 2.05) is 25.9 Å². The minimum absolute atomic E-state index is 0.0673. The van der Waals surface area contributed by atoms with Crippen LogP contribution in [0, 0.1) is 11.8 Å². The normalized spacial score (nSPS) is 32.7. The number of carboxylic acid groups (broad SMARTS) is 1. The number of carbonyl (C=O) groups excluding carboxylic acids is 2. The van der Waals surface area contributed by atoms with E-state index in [1.54, 1.807) is 39.0 Å². The zero-order chi connectivity index (χ0) is 35.4. The SMILES string of the molecule is CO[C@H]1/C=C/C=C(/C)C(=O)NC2=CC(OC(=O)O)C(NCCN(C)C)=C(C[C@@H](C)C[C@H](OC)[C@H](O)[C@@H](C)/C=C(\C)[C@@H]1OC(N)=O)C2O. The third-order valence-electron chi connectivity index (χ3n) is 8.17. The van der Waals surface area contributed by atoms with Gasteiger partial charge in [-0.05, 0) is 63.9 Å². The molecule has 1 aliphatic heterocycles. The number of aliphatic hydroxyl groups is 2. The number of hydrogen-bond donors (Lipinski definition) is 6. The monoisotopic (exact) mass is 664 g/mol. The molecule has 0 aromatic rings. The Bertz CT molecular complexity index is 1260. The van der Waals surface area contributed by atoms with Gasteiger partial charge in [0.25, 0.3) is 5.91 Å². The molecular weight excluding hydrogens is 612 g/mol. The van der Waals surface area contributed by atoms with Crippen LogP contribution >= 0.6 is 0 Å². The molecule has 1 heterocycles. The summed E-state index contributed by atoms with van der Waals surface area (Å²) in [5.41, 5.74) is 7.11. The molecule has 0 saturated heterocycles. The van der Waals surface area contributed by atoms with E-state index in [9.17, 15) is 29.7 Å². The number of primary amides is 1. The molecule has 0 aromatic carbocycles. The zero-order valence-electron chi connectivity index (χ0n) is 28.6. The lowest BCUT2D eigenvalue weighted by molar-refractivity contribution is -0.117. The standard InChI is InChI=1S/C33H52N4O10/c1-18-14-22-27(35-12-13-37(5)6)25(46-33(42)43)17-23(29(22)39)36-31(40)19(2)10-9-11-24(44-7)30(47-32(34)41)21(4)16-20(3)28(38)26(15-18)45-8/h9-11,16-18,20,24-26,28-30,35,38-39H,12-15H2,1-8H3,(H2,34,41)(H,36,40)(H,42,43)/b11-9+,19-10-,21-16+/t18-,20+,24+,25?,26+,28-,29?,30+/m1/s1. The van der Waals surface area contributed by atoms with Gasteiger partial charge in [0.2, 0.25) is 0 Å². The van der Waals surface area contributed by atoms with Gasteiger partial charge in [0.15, 0.2) is 12.2 Å². The fourth-order valence-electron chi connectivity index (χ4n) is 5.66. The van der Waals surface area contributed by atoms with E-state index in [-0.39, 0.29) is 23.6 Å². The molecule has 2 aliphatic rings. The molecule has 0 fully saturated rings. The van der Waals surface area contributed by atoms with Crippen LogP contribution in [0.15, 0.2) is 58.5 Å². The van der Waals surface area contributed by atoms with Crippen molar-refractivity contribution in [3.63, 3.8) is 0 Å². The van der Waals surface area contributed by atoms with Crippen LogP contribution in [-0.4, -0.2) is 116 Å². The highest BCUT2D eigenvalue weighted by atomic mass is 16.7. The van der Waals surface area contributed by atoms with Crippen molar-refractivity contribution in [1.29, 1.82) is 0 Å². The number of methoxy groups -OCH3 is 2. The van der Waals surface area contributed by atoms with Gasteiger partial charge in [0.05, 0.1) is 23.6 Å². The lowest BCUT2D eigenvalue weighted by atomic mass is 9.84. The molecule has 0 saturated carbocycles. The topological polar surface area (TPSA) is 202 Å². The number of nitrogens with zero attached hydrogens (tertiary/aromatic N) is 1. The number of aliphatic hydroxyl groups excluding tert-OH is 2. The number of likely N-dealkylation sites (N-methyl/N-ethyl adjacent to an activating group) is 1. The van der Waals surface area contributed by atoms with E-state index >= 15 is 0 Å². The molecule has 2 unspecified atom stereocenters. The Morgan fingerprint density at radius 3 is 2.36 bits per heavy atom. The van der Waals surface area contributed by atoms with Crippen LogP contribution < -0.4 is 16.4 Å². The largest absolute Gasteiger partial charge is 0.506 e. The highest BCUT2D eigenvalue weighted by molar-refractivity contribution is 5.94. The average Bonchev–Trinajstić information content (AvgIpc) is 2.99. The third kappa shape index (κ3) is 11.8. The highest BCUT2D eigenvalue weighted by Crippen LogP contribution is 2.32. The van der Waals surface area contributed by atoms with Crippen molar-refractivity contribution in [2.75, 3.05) is 41.4 Å². The Kier molecular flexibility index (Phi) is 15.6. The van der Waals surface area contributed by atoms with Gasteiger partial charge in [0, 0.05) is 38.8 Å². The Labute approximate surface area is 276 Å². The number of rotatable bonds is 8. The Hall–Kier alpha value is -3.69. The molecule has 264 valence electrons. The molecule has 2 bridgehead atoms. The summed E-state index contributed by atoms with van der Waals surface area (Å²) in [4.78, 5) is 38.7. The molecule has 8 atom stereocenters. The number of nitrogens with two attached hydrogens (primary N) is 1. The van der Waals surface area contributed by atoms with Gasteiger partial charge >= 0.3 is 12.2 Å². The van der Waals surface area contributed by atoms with E-state index in [0.29, 0.717) is 36.4 Å². The maximum atomic E-state index is 13.3. The summed E-state index contributed by atoms with van der Waals surface area (Å²) >= 11 is 0. The molecule has 0 aromatic heterocycles. The summed E-state index contributed by atoms with van der Waals surface area (Å²) in [5, 5.41) is 38.5. The van der Waals surface area contributed by atoms with Crippen LogP contribution in [-0.2, 0) is 23.7 Å². The van der Waals surface area contributed by atoms with Gasteiger partial charge in [-0.3, -0.25) is 4.79 Å². The van der Waals surface area contributed by atoms with Crippen LogP contribution in [0.3, 0.4) is 0 Å². The van der Waals surface area contributed by atoms with Crippen molar-refractivity contribution in [2.24, 2.45) is 17.6 Å². The van der Waals surface area contributed by atoms with E-state index in [0.717, 1.165) is 0 Å². The van der Waals surface area contributed by atoms with Crippen LogP contribution in [0.2, 0.25) is 0 Å².